The molecule has 2 aromatic heterocycles. The molecule has 0 amide bonds. The number of aryl methyl sites for hydroxylation is 1. The number of nitrogens with zero attached hydrogens (tertiary/aromatic N) is 4. The molecule has 0 unspecified atom stereocenters. The van der Waals surface area contributed by atoms with Crippen LogP contribution in [0.15, 0.2) is 48.9 Å². The zero-order valence-electron chi connectivity index (χ0n) is 18.0. The number of hydrogen-bond acceptors (Lipinski definition) is 7. The zero-order valence-corrected chi connectivity index (χ0v) is 18.9. The third-order valence-corrected chi connectivity index (χ3v) is 5.45. The molecule has 0 radical (unpaired) electrons. The second kappa shape index (κ2) is 10.3. The summed E-state index contributed by atoms with van der Waals surface area (Å²) in [7, 11) is 0. The molecule has 3 heterocycles. The van der Waals surface area contributed by atoms with E-state index in [1.165, 1.54) is 5.56 Å². The molecule has 7 heteroatoms. The highest BCUT2D eigenvalue weighted by Crippen LogP contribution is 2.24. The van der Waals surface area contributed by atoms with Crippen LogP contribution in [0.25, 0.3) is 0 Å². The van der Waals surface area contributed by atoms with E-state index in [-0.39, 0.29) is 5.78 Å². The standard InChI is InChI=1S/C24H26N4O.OS/c1-16(2)19-6-4-5-18(9-19)10-24(29)20-11-22(14-25-12-20)28-8-7-23-21(15-28)13-26-17(3)27-23;1-2/h4-6,9,11-14,16H,7-8,10,15H2,1-3H3;. The lowest BCUT2D eigenvalue weighted by Gasteiger charge is -2.29. The van der Waals surface area contributed by atoms with E-state index in [9.17, 15) is 4.79 Å². The molecule has 160 valence electrons. The Balaban J connectivity index is 0.00000132. The number of pyridine rings is 1. The minimum atomic E-state index is 0.0941. The van der Waals surface area contributed by atoms with E-state index in [2.05, 4.69) is 58.4 Å². The van der Waals surface area contributed by atoms with Crippen molar-refractivity contribution in [1.29, 1.82) is 0 Å². The molecule has 1 aliphatic rings. The maximum atomic E-state index is 12.9. The van der Waals surface area contributed by atoms with E-state index in [0.717, 1.165) is 47.8 Å². The molecule has 1 aromatic carbocycles. The predicted octanol–water partition coefficient (Wildman–Crippen LogP) is 3.96. The van der Waals surface area contributed by atoms with Crippen molar-refractivity contribution >= 4 is 24.0 Å². The van der Waals surface area contributed by atoms with Gasteiger partial charge in [0.1, 0.15) is 5.82 Å². The molecule has 31 heavy (non-hydrogen) atoms. The Morgan fingerprint density at radius 2 is 1.97 bits per heavy atom. The number of aromatic nitrogens is 3. The number of carbonyl (C=O) groups excluding carboxylic acids is 1. The van der Waals surface area contributed by atoms with Crippen molar-refractivity contribution in [3.63, 3.8) is 0 Å². The van der Waals surface area contributed by atoms with Crippen molar-refractivity contribution in [2.75, 3.05) is 11.4 Å². The number of ketones is 1. The average Bonchev–Trinajstić information content (AvgIpc) is 2.80. The highest BCUT2D eigenvalue weighted by molar-refractivity contribution is 7.44. The molecular formula is C24H26N4O2S. The first kappa shape index (κ1) is 22.6. The van der Waals surface area contributed by atoms with Crippen LogP contribution >= 0.6 is 0 Å². The van der Waals surface area contributed by atoms with Gasteiger partial charge in [-0.25, -0.2) is 9.97 Å². The van der Waals surface area contributed by atoms with E-state index in [1.807, 2.05) is 37.5 Å². The molecule has 0 N–H and O–H groups in total. The predicted molar refractivity (Wildman–Crippen MR) is 122 cm³/mol. The molecule has 0 atom stereocenters. The Hall–Kier alpha value is -3.06. The lowest BCUT2D eigenvalue weighted by Crippen LogP contribution is -2.31. The summed E-state index contributed by atoms with van der Waals surface area (Å²) in [5.41, 5.74) is 6.20. The van der Waals surface area contributed by atoms with Crippen LogP contribution in [0.2, 0.25) is 0 Å². The second-order valence-corrected chi connectivity index (χ2v) is 7.99. The van der Waals surface area contributed by atoms with Gasteiger partial charge >= 0.3 is 0 Å². The van der Waals surface area contributed by atoms with Gasteiger partial charge < -0.3 is 4.90 Å². The zero-order chi connectivity index (χ0) is 22.4. The SMILES string of the molecule is Cc1ncc2c(n1)CCN(c1cncc(C(=O)Cc3cccc(C(C)C)c3)c1)C2.O=S. The van der Waals surface area contributed by atoms with Gasteiger partial charge in [-0.05, 0) is 30.0 Å². The monoisotopic (exact) mass is 434 g/mol. The number of hydrogen-bond donors (Lipinski definition) is 0. The van der Waals surface area contributed by atoms with E-state index in [4.69, 9.17) is 4.21 Å². The van der Waals surface area contributed by atoms with Crippen molar-refractivity contribution in [2.45, 2.75) is 46.1 Å². The Labute approximate surface area is 188 Å². The second-order valence-electron chi connectivity index (χ2n) is 7.99. The van der Waals surface area contributed by atoms with Gasteiger partial charge in [0.2, 0.25) is 0 Å². The average molecular weight is 435 g/mol. The summed E-state index contributed by atoms with van der Waals surface area (Å²) in [5, 5.41) is 0. The van der Waals surface area contributed by atoms with E-state index < -0.39 is 0 Å². The van der Waals surface area contributed by atoms with Crippen molar-refractivity contribution in [1.82, 2.24) is 15.0 Å². The van der Waals surface area contributed by atoms with Crippen molar-refractivity contribution in [3.8, 4) is 0 Å². The van der Waals surface area contributed by atoms with Gasteiger partial charge in [0.15, 0.2) is 18.3 Å². The maximum absolute atomic E-state index is 12.9. The Bertz CT molecular complexity index is 1070. The van der Waals surface area contributed by atoms with Crippen molar-refractivity contribution in [2.24, 2.45) is 0 Å². The largest absolute Gasteiger partial charge is 0.365 e. The summed E-state index contributed by atoms with van der Waals surface area (Å²) >= 11 is 2.83. The third kappa shape index (κ3) is 5.55. The van der Waals surface area contributed by atoms with Crippen molar-refractivity contribution in [3.05, 3.63) is 82.7 Å². The van der Waals surface area contributed by atoms with Gasteiger partial charge in [-0.2, -0.15) is 4.21 Å². The minimum absolute atomic E-state index is 0.0941. The summed E-state index contributed by atoms with van der Waals surface area (Å²) < 4.78 is 7.83. The molecule has 0 saturated heterocycles. The summed E-state index contributed by atoms with van der Waals surface area (Å²) in [6.07, 6.45) is 6.67. The number of benzene rings is 1. The summed E-state index contributed by atoms with van der Waals surface area (Å²) in [6, 6.07) is 10.2. The quantitative estimate of drug-likeness (QED) is 0.563. The van der Waals surface area contributed by atoms with Gasteiger partial charge in [0.05, 0.1) is 17.6 Å². The fraction of sp³-hybridized carbons (Fsp3) is 0.333. The van der Waals surface area contributed by atoms with Crippen LogP contribution in [-0.4, -0.2) is 31.5 Å². The molecule has 0 bridgehead atoms. The minimum Gasteiger partial charge on any atom is -0.365 e. The number of carbonyl (C=O) groups is 1. The highest BCUT2D eigenvalue weighted by Gasteiger charge is 2.19. The van der Waals surface area contributed by atoms with Crippen LogP contribution in [-0.2, 0) is 31.9 Å². The number of anilines is 1. The van der Waals surface area contributed by atoms with Crippen LogP contribution in [0.5, 0.6) is 0 Å². The van der Waals surface area contributed by atoms with Gasteiger partial charge in [0.25, 0.3) is 0 Å². The fourth-order valence-electron chi connectivity index (χ4n) is 3.74. The van der Waals surface area contributed by atoms with Crippen molar-refractivity contribution < 1.29 is 9.00 Å². The van der Waals surface area contributed by atoms with E-state index in [1.54, 1.807) is 6.20 Å². The maximum Gasteiger partial charge on any atom is 0.197 e. The van der Waals surface area contributed by atoms with Gasteiger partial charge in [-0.1, -0.05) is 38.1 Å². The molecule has 3 aromatic rings. The lowest BCUT2D eigenvalue weighted by atomic mass is 9.97. The first-order valence-electron chi connectivity index (χ1n) is 10.3. The molecule has 1 aliphatic heterocycles. The van der Waals surface area contributed by atoms with Gasteiger partial charge in [-0.15, -0.1) is 0 Å². The highest BCUT2D eigenvalue weighted by atomic mass is 32.1. The number of rotatable bonds is 5. The Kier molecular flexibility index (Phi) is 7.52. The molecule has 0 spiro atoms. The molecule has 4 rings (SSSR count). The Morgan fingerprint density at radius 1 is 1.16 bits per heavy atom. The summed E-state index contributed by atoms with van der Waals surface area (Å²) in [5.74, 6) is 1.36. The lowest BCUT2D eigenvalue weighted by molar-refractivity contribution is 0.0992. The first-order chi connectivity index (χ1) is 15.0. The van der Waals surface area contributed by atoms with Crippen LogP contribution < -0.4 is 4.90 Å². The number of fused-ring (bicyclic) bond motifs is 1. The van der Waals surface area contributed by atoms with Crippen LogP contribution in [0.1, 0.15) is 58.3 Å². The Morgan fingerprint density at radius 3 is 2.74 bits per heavy atom. The first-order valence-corrected chi connectivity index (χ1v) is 10.6. The van der Waals surface area contributed by atoms with E-state index >= 15 is 0 Å². The summed E-state index contributed by atoms with van der Waals surface area (Å²) in [4.78, 5) is 28.3. The third-order valence-electron chi connectivity index (χ3n) is 5.45. The van der Waals surface area contributed by atoms with Gasteiger partial charge in [0, 0.05) is 49.5 Å². The van der Waals surface area contributed by atoms with Crippen LogP contribution in [0.3, 0.4) is 0 Å². The molecule has 0 saturated carbocycles. The van der Waals surface area contributed by atoms with Gasteiger partial charge in [-0.3, -0.25) is 9.78 Å². The molecule has 0 aliphatic carbocycles. The number of Topliss-reactive ketones (excluding diaryl/α,β-unsaturated/α-hetero) is 1. The molecule has 0 fully saturated rings. The topological polar surface area (TPSA) is 76.1 Å². The molecule has 6 nitrogen and oxygen atoms in total. The van der Waals surface area contributed by atoms with Crippen LogP contribution in [0.4, 0.5) is 5.69 Å². The summed E-state index contributed by atoms with van der Waals surface area (Å²) in [6.45, 7) is 7.85. The smallest absolute Gasteiger partial charge is 0.197 e. The molecular weight excluding hydrogens is 408 g/mol. The fourth-order valence-corrected chi connectivity index (χ4v) is 3.74. The van der Waals surface area contributed by atoms with Crippen LogP contribution in [0, 0.1) is 6.92 Å². The van der Waals surface area contributed by atoms with E-state index in [0.29, 0.717) is 17.9 Å². The normalized spacial score (nSPS) is 12.7.